The fourth-order valence-electron chi connectivity index (χ4n) is 2.16. The number of nitrogens with one attached hydrogen (secondary N) is 1. The summed E-state index contributed by atoms with van der Waals surface area (Å²) in [6, 6.07) is 0.523. The molecular weight excluding hydrogens is 202 g/mol. The zero-order chi connectivity index (χ0) is 11.6. The first kappa shape index (κ1) is 13.9. The molecule has 3 nitrogen and oxygen atoms in total. The van der Waals surface area contributed by atoms with Crippen LogP contribution >= 0.6 is 0 Å². The predicted octanol–water partition coefficient (Wildman–Crippen LogP) is 2.35. The van der Waals surface area contributed by atoms with Gasteiger partial charge in [-0.2, -0.15) is 0 Å². The predicted molar refractivity (Wildman–Crippen MR) is 66.8 cm³/mol. The lowest BCUT2D eigenvalue weighted by Crippen LogP contribution is -2.31. The summed E-state index contributed by atoms with van der Waals surface area (Å²) >= 11 is 0. The van der Waals surface area contributed by atoms with Gasteiger partial charge in [0.2, 0.25) is 0 Å². The highest BCUT2D eigenvalue weighted by atomic mass is 16.5. The zero-order valence-electron chi connectivity index (χ0n) is 10.8. The van der Waals surface area contributed by atoms with E-state index in [4.69, 9.17) is 9.47 Å². The maximum atomic E-state index is 5.84. The summed E-state index contributed by atoms with van der Waals surface area (Å²) in [5, 5.41) is 3.45. The van der Waals surface area contributed by atoms with Crippen LogP contribution in [0.4, 0.5) is 0 Å². The fourth-order valence-corrected chi connectivity index (χ4v) is 2.16. The van der Waals surface area contributed by atoms with E-state index in [0.717, 1.165) is 26.2 Å². The molecule has 0 saturated heterocycles. The maximum Gasteiger partial charge on any atom is 0.0594 e. The molecule has 1 aliphatic rings. The minimum Gasteiger partial charge on any atom is -0.385 e. The average molecular weight is 229 g/mol. The van der Waals surface area contributed by atoms with E-state index in [1.165, 1.54) is 32.1 Å². The molecule has 1 rings (SSSR count). The molecule has 96 valence electrons. The van der Waals surface area contributed by atoms with Gasteiger partial charge >= 0.3 is 0 Å². The second-order valence-corrected chi connectivity index (χ2v) is 4.77. The van der Waals surface area contributed by atoms with Gasteiger partial charge in [-0.1, -0.05) is 19.3 Å². The highest BCUT2D eigenvalue weighted by Gasteiger charge is 2.13. The molecule has 1 N–H and O–H groups in total. The molecule has 1 atom stereocenters. The minimum atomic E-state index is 0.523. The van der Waals surface area contributed by atoms with Crippen molar-refractivity contribution >= 4 is 0 Å². The number of hydrogen-bond donors (Lipinski definition) is 1. The Labute approximate surface area is 99.9 Å². The van der Waals surface area contributed by atoms with Gasteiger partial charge in [-0.05, 0) is 26.2 Å². The molecule has 0 spiro atoms. The van der Waals surface area contributed by atoms with Crippen LogP contribution in [0.15, 0.2) is 0 Å². The van der Waals surface area contributed by atoms with Crippen LogP contribution in [-0.2, 0) is 9.47 Å². The van der Waals surface area contributed by atoms with Crippen molar-refractivity contribution in [3.05, 3.63) is 0 Å². The van der Waals surface area contributed by atoms with Gasteiger partial charge in [-0.15, -0.1) is 0 Å². The van der Waals surface area contributed by atoms with Crippen LogP contribution in [0.2, 0.25) is 0 Å². The summed E-state index contributed by atoms with van der Waals surface area (Å²) in [6.07, 6.45) is 8.22. The summed E-state index contributed by atoms with van der Waals surface area (Å²) in [4.78, 5) is 0. The van der Waals surface area contributed by atoms with Gasteiger partial charge in [-0.3, -0.25) is 0 Å². The Morgan fingerprint density at radius 3 is 2.62 bits per heavy atom. The number of ether oxygens (including phenoxy) is 2. The highest BCUT2D eigenvalue weighted by molar-refractivity contribution is 4.66. The van der Waals surface area contributed by atoms with Crippen molar-refractivity contribution in [2.24, 2.45) is 0 Å². The summed E-state index contributed by atoms with van der Waals surface area (Å²) in [5.74, 6) is 0. The lowest BCUT2D eigenvalue weighted by atomic mass is 9.98. The Kier molecular flexibility index (Phi) is 7.81. The van der Waals surface area contributed by atoms with E-state index in [1.54, 1.807) is 7.11 Å². The minimum absolute atomic E-state index is 0.523. The van der Waals surface area contributed by atoms with E-state index in [9.17, 15) is 0 Å². The Morgan fingerprint density at radius 1 is 1.19 bits per heavy atom. The lowest BCUT2D eigenvalue weighted by molar-refractivity contribution is 0.0292. The first-order valence-electron chi connectivity index (χ1n) is 6.67. The fraction of sp³-hybridized carbons (Fsp3) is 1.00. The van der Waals surface area contributed by atoms with Crippen molar-refractivity contribution < 1.29 is 9.47 Å². The Hall–Kier alpha value is -0.120. The molecule has 0 heterocycles. The third kappa shape index (κ3) is 6.46. The van der Waals surface area contributed by atoms with Crippen LogP contribution in [-0.4, -0.2) is 39.0 Å². The van der Waals surface area contributed by atoms with Crippen LogP contribution in [0.3, 0.4) is 0 Å². The summed E-state index contributed by atoms with van der Waals surface area (Å²) in [7, 11) is 1.75. The second kappa shape index (κ2) is 8.97. The molecule has 3 heteroatoms. The van der Waals surface area contributed by atoms with E-state index in [0.29, 0.717) is 12.1 Å². The van der Waals surface area contributed by atoms with E-state index in [1.807, 2.05) is 0 Å². The first-order valence-corrected chi connectivity index (χ1v) is 6.67. The highest BCUT2D eigenvalue weighted by Crippen LogP contribution is 2.19. The molecule has 0 aromatic carbocycles. The maximum absolute atomic E-state index is 5.84. The van der Waals surface area contributed by atoms with Crippen molar-refractivity contribution in [2.45, 2.75) is 57.6 Å². The van der Waals surface area contributed by atoms with Crippen molar-refractivity contribution in [1.29, 1.82) is 0 Å². The molecule has 0 aliphatic heterocycles. The summed E-state index contributed by atoms with van der Waals surface area (Å²) in [6.45, 7) is 4.83. The van der Waals surface area contributed by atoms with Gasteiger partial charge in [0.15, 0.2) is 0 Å². The molecule has 0 aromatic heterocycles. The molecule has 0 radical (unpaired) electrons. The van der Waals surface area contributed by atoms with Crippen LogP contribution in [0.5, 0.6) is 0 Å². The van der Waals surface area contributed by atoms with Gasteiger partial charge in [0.05, 0.1) is 12.7 Å². The van der Waals surface area contributed by atoms with Gasteiger partial charge in [0.1, 0.15) is 0 Å². The number of methoxy groups -OCH3 is 1. The van der Waals surface area contributed by atoms with Crippen LogP contribution < -0.4 is 5.32 Å². The Balaban J connectivity index is 1.90. The van der Waals surface area contributed by atoms with E-state index in [-0.39, 0.29) is 0 Å². The molecule has 0 aromatic rings. The molecule has 1 aliphatic carbocycles. The molecule has 1 fully saturated rings. The van der Waals surface area contributed by atoms with Crippen LogP contribution in [0.25, 0.3) is 0 Å². The molecule has 0 bridgehead atoms. The summed E-state index contributed by atoms with van der Waals surface area (Å²) < 4.78 is 10.9. The topological polar surface area (TPSA) is 30.5 Å². The van der Waals surface area contributed by atoms with E-state index in [2.05, 4.69) is 12.2 Å². The third-order valence-electron chi connectivity index (χ3n) is 3.26. The smallest absolute Gasteiger partial charge is 0.0594 e. The van der Waals surface area contributed by atoms with Gasteiger partial charge in [-0.25, -0.2) is 0 Å². The SMILES string of the molecule is COCCC(C)NCCOC1CCCCC1. The zero-order valence-corrected chi connectivity index (χ0v) is 10.8. The summed E-state index contributed by atoms with van der Waals surface area (Å²) in [5.41, 5.74) is 0. The first-order chi connectivity index (χ1) is 7.83. The molecule has 1 unspecified atom stereocenters. The van der Waals surface area contributed by atoms with Gasteiger partial charge < -0.3 is 14.8 Å². The quantitative estimate of drug-likeness (QED) is 0.648. The molecule has 16 heavy (non-hydrogen) atoms. The van der Waals surface area contributed by atoms with Crippen LogP contribution in [0.1, 0.15) is 45.4 Å². The largest absolute Gasteiger partial charge is 0.385 e. The Bertz CT molecular complexity index is 158. The van der Waals surface area contributed by atoms with Crippen molar-refractivity contribution in [2.75, 3.05) is 26.9 Å². The number of hydrogen-bond acceptors (Lipinski definition) is 3. The molecule has 0 amide bonds. The standard InChI is InChI=1S/C13H27NO2/c1-12(8-10-15-2)14-9-11-16-13-6-4-3-5-7-13/h12-14H,3-11H2,1-2H3. The Morgan fingerprint density at radius 2 is 1.94 bits per heavy atom. The van der Waals surface area contributed by atoms with Gasteiger partial charge in [0, 0.05) is 26.3 Å². The molecule has 1 saturated carbocycles. The van der Waals surface area contributed by atoms with Crippen molar-refractivity contribution in [3.63, 3.8) is 0 Å². The average Bonchev–Trinajstić information content (AvgIpc) is 2.33. The third-order valence-corrected chi connectivity index (χ3v) is 3.26. The van der Waals surface area contributed by atoms with Crippen LogP contribution in [0, 0.1) is 0 Å². The normalized spacial score (nSPS) is 19.9. The van der Waals surface area contributed by atoms with E-state index < -0.39 is 0 Å². The van der Waals surface area contributed by atoms with E-state index >= 15 is 0 Å². The monoisotopic (exact) mass is 229 g/mol. The lowest BCUT2D eigenvalue weighted by Gasteiger charge is -2.22. The number of rotatable bonds is 8. The van der Waals surface area contributed by atoms with Gasteiger partial charge in [0.25, 0.3) is 0 Å². The van der Waals surface area contributed by atoms with Crippen molar-refractivity contribution in [1.82, 2.24) is 5.32 Å². The van der Waals surface area contributed by atoms with Crippen molar-refractivity contribution in [3.8, 4) is 0 Å². The molecular formula is C13H27NO2. The second-order valence-electron chi connectivity index (χ2n) is 4.77.